The molecule has 0 N–H and O–H groups in total. The van der Waals surface area contributed by atoms with Crippen LogP contribution in [0.25, 0.3) is 0 Å². The number of anilines is 1. The molecule has 0 spiro atoms. The van der Waals surface area contributed by atoms with Crippen molar-refractivity contribution in [1.29, 1.82) is 0 Å². The number of thiophene rings is 1. The number of piperidine rings is 1. The zero-order chi connectivity index (χ0) is 20.1. The maximum atomic E-state index is 13.4. The third kappa shape index (κ3) is 4.66. The van der Waals surface area contributed by atoms with Crippen molar-refractivity contribution in [3.05, 3.63) is 76.7 Å². The Balaban J connectivity index is 1.52. The van der Waals surface area contributed by atoms with E-state index in [2.05, 4.69) is 16.0 Å². The number of likely N-dealkylation sites (tertiary alicyclic amines) is 1. The second kappa shape index (κ2) is 9.20. The number of carbonyl (C=O) groups is 1. The van der Waals surface area contributed by atoms with Crippen LogP contribution in [0.15, 0.2) is 66.3 Å². The molecule has 3 heterocycles. The number of pyridine rings is 1. The van der Waals surface area contributed by atoms with Crippen LogP contribution in [0.4, 0.5) is 5.69 Å². The first-order valence-electron chi connectivity index (χ1n) is 9.87. The number of aromatic nitrogens is 1. The van der Waals surface area contributed by atoms with E-state index in [1.54, 1.807) is 13.3 Å². The van der Waals surface area contributed by atoms with Gasteiger partial charge in [0.25, 0.3) is 5.91 Å². The number of rotatable bonds is 6. The predicted molar refractivity (Wildman–Crippen MR) is 117 cm³/mol. The molecule has 2 aromatic heterocycles. The minimum absolute atomic E-state index is 0.0685. The summed E-state index contributed by atoms with van der Waals surface area (Å²) in [4.78, 5) is 22.7. The molecule has 29 heavy (non-hydrogen) atoms. The van der Waals surface area contributed by atoms with Crippen molar-refractivity contribution >= 4 is 22.9 Å². The van der Waals surface area contributed by atoms with Crippen LogP contribution in [0, 0.1) is 0 Å². The van der Waals surface area contributed by atoms with Crippen molar-refractivity contribution in [1.82, 2.24) is 9.88 Å². The molecule has 5 nitrogen and oxygen atoms in total. The highest BCUT2D eigenvalue weighted by atomic mass is 32.1. The maximum absolute atomic E-state index is 13.4. The van der Waals surface area contributed by atoms with Crippen molar-refractivity contribution in [3.63, 3.8) is 0 Å². The van der Waals surface area contributed by atoms with E-state index in [0.717, 1.165) is 48.8 Å². The van der Waals surface area contributed by atoms with Gasteiger partial charge in [0.1, 0.15) is 5.75 Å². The van der Waals surface area contributed by atoms with E-state index in [4.69, 9.17) is 4.74 Å². The predicted octanol–water partition coefficient (Wildman–Crippen LogP) is 4.46. The largest absolute Gasteiger partial charge is 0.497 e. The van der Waals surface area contributed by atoms with E-state index in [-0.39, 0.29) is 11.9 Å². The minimum Gasteiger partial charge on any atom is -0.497 e. The number of carbonyl (C=O) groups excluding carboxylic acids is 1. The summed E-state index contributed by atoms with van der Waals surface area (Å²) in [6, 6.07) is 15.9. The molecule has 1 aliphatic rings. The highest BCUT2D eigenvalue weighted by molar-refractivity contribution is 7.12. The molecule has 0 bridgehead atoms. The molecule has 0 saturated carbocycles. The average molecular weight is 408 g/mol. The van der Waals surface area contributed by atoms with Gasteiger partial charge in [0.2, 0.25) is 0 Å². The Morgan fingerprint density at radius 2 is 2.07 bits per heavy atom. The number of amides is 1. The number of methoxy groups -OCH3 is 1. The van der Waals surface area contributed by atoms with Gasteiger partial charge in [0.05, 0.1) is 12.0 Å². The van der Waals surface area contributed by atoms with Gasteiger partial charge in [-0.3, -0.25) is 14.7 Å². The van der Waals surface area contributed by atoms with Gasteiger partial charge < -0.3 is 9.64 Å². The maximum Gasteiger partial charge on any atom is 0.268 e. The van der Waals surface area contributed by atoms with E-state index in [0.29, 0.717) is 0 Å². The number of nitrogens with zero attached hydrogens (tertiary/aromatic N) is 3. The van der Waals surface area contributed by atoms with E-state index >= 15 is 0 Å². The SMILES string of the molecule is COc1cccc(N(C(=O)c2cccs2)C2CCN(Cc3cccnc3)CC2)c1. The summed E-state index contributed by atoms with van der Waals surface area (Å²) in [5.41, 5.74) is 2.12. The Hall–Kier alpha value is -2.70. The zero-order valence-electron chi connectivity index (χ0n) is 16.5. The topological polar surface area (TPSA) is 45.7 Å². The quantitative estimate of drug-likeness (QED) is 0.605. The lowest BCUT2D eigenvalue weighted by Crippen LogP contribution is -2.47. The number of ether oxygens (including phenoxy) is 1. The molecule has 1 saturated heterocycles. The molecule has 0 aliphatic carbocycles. The van der Waals surface area contributed by atoms with Crippen LogP contribution in [0.5, 0.6) is 5.75 Å². The number of hydrogen-bond acceptors (Lipinski definition) is 5. The van der Waals surface area contributed by atoms with E-state index in [1.165, 1.54) is 16.9 Å². The number of benzene rings is 1. The van der Waals surface area contributed by atoms with Gasteiger partial charge in [-0.15, -0.1) is 11.3 Å². The second-order valence-corrected chi connectivity index (χ2v) is 8.17. The zero-order valence-corrected chi connectivity index (χ0v) is 17.3. The Bertz CT molecular complexity index is 922. The Labute approximate surface area is 175 Å². The molecule has 1 amide bonds. The van der Waals surface area contributed by atoms with Crippen molar-refractivity contribution < 1.29 is 9.53 Å². The van der Waals surface area contributed by atoms with Gasteiger partial charge in [-0.25, -0.2) is 0 Å². The Morgan fingerprint density at radius 3 is 2.76 bits per heavy atom. The highest BCUT2D eigenvalue weighted by Crippen LogP contribution is 2.30. The van der Waals surface area contributed by atoms with Gasteiger partial charge in [0, 0.05) is 49.8 Å². The molecule has 1 fully saturated rings. The van der Waals surface area contributed by atoms with Crippen molar-refractivity contribution in [2.45, 2.75) is 25.4 Å². The second-order valence-electron chi connectivity index (χ2n) is 7.22. The lowest BCUT2D eigenvalue weighted by molar-refractivity contribution is 0.0962. The summed E-state index contributed by atoms with van der Waals surface area (Å²) in [6.07, 6.45) is 5.61. The summed E-state index contributed by atoms with van der Waals surface area (Å²) >= 11 is 1.49. The van der Waals surface area contributed by atoms with Crippen LogP contribution >= 0.6 is 11.3 Å². The summed E-state index contributed by atoms with van der Waals surface area (Å²) in [7, 11) is 1.65. The first-order chi connectivity index (χ1) is 14.2. The fourth-order valence-corrected chi connectivity index (χ4v) is 4.52. The molecule has 6 heteroatoms. The van der Waals surface area contributed by atoms with E-state index < -0.39 is 0 Å². The molecule has 1 aliphatic heterocycles. The number of hydrogen-bond donors (Lipinski definition) is 0. The van der Waals surface area contributed by atoms with Gasteiger partial charge in [0.15, 0.2) is 0 Å². The lowest BCUT2D eigenvalue weighted by atomic mass is 10.0. The van der Waals surface area contributed by atoms with Crippen LogP contribution in [-0.4, -0.2) is 42.0 Å². The third-order valence-electron chi connectivity index (χ3n) is 5.33. The minimum atomic E-state index is 0.0685. The van der Waals surface area contributed by atoms with Gasteiger partial charge in [-0.1, -0.05) is 18.2 Å². The summed E-state index contributed by atoms with van der Waals surface area (Å²) in [5, 5.41) is 1.95. The Kier molecular flexibility index (Phi) is 6.22. The molecule has 3 aromatic rings. The van der Waals surface area contributed by atoms with Gasteiger partial charge >= 0.3 is 0 Å². The van der Waals surface area contributed by atoms with Crippen molar-refractivity contribution in [2.24, 2.45) is 0 Å². The Morgan fingerprint density at radius 1 is 1.21 bits per heavy atom. The van der Waals surface area contributed by atoms with Crippen LogP contribution in [0.2, 0.25) is 0 Å². The molecule has 0 unspecified atom stereocenters. The van der Waals surface area contributed by atoms with Gasteiger partial charge in [-0.2, -0.15) is 0 Å². The van der Waals surface area contributed by atoms with Crippen LogP contribution in [0.1, 0.15) is 28.1 Å². The van der Waals surface area contributed by atoms with Crippen LogP contribution in [0.3, 0.4) is 0 Å². The van der Waals surface area contributed by atoms with E-state index in [1.807, 2.05) is 58.9 Å². The van der Waals surface area contributed by atoms with Crippen molar-refractivity contribution in [3.8, 4) is 5.75 Å². The molecular formula is C23H25N3O2S. The molecular weight excluding hydrogens is 382 g/mol. The fourth-order valence-electron chi connectivity index (χ4n) is 3.86. The van der Waals surface area contributed by atoms with Crippen molar-refractivity contribution in [2.75, 3.05) is 25.1 Å². The lowest BCUT2D eigenvalue weighted by Gasteiger charge is -2.38. The average Bonchev–Trinajstić information content (AvgIpc) is 3.31. The van der Waals surface area contributed by atoms with Crippen LogP contribution < -0.4 is 9.64 Å². The normalized spacial score (nSPS) is 15.2. The van der Waals surface area contributed by atoms with Gasteiger partial charge in [-0.05, 0) is 48.1 Å². The monoisotopic (exact) mass is 407 g/mol. The first-order valence-corrected chi connectivity index (χ1v) is 10.7. The summed E-state index contributed by atoms with van der Waals surface area (Å²) < 4.78 is 5.40. The molecule has 0 radical (unpaired) electrons. The fraction of sp³-hybridized carbons (Fsp3) is 0.304. The molecule has 4 rings (SSSR count). The summed E-state index contributed by atoms with van der Waals surface area (Å²) in [5.74, 6) is 0.833. The smallest absolute Gasteiger partial charge is 0.268 e. The van der Waals surface area contributed by atoms with Crippen LogP contribution in [-0.2, 0) is 6.54 Å². The molecule has 150 valence electrons. The highest BCUT2D eigenvalue weighted by Gasteiger charge is 2.30. The third-order valence-corrected chi connectivity index (χ3v) is 6.19. The van der Waals surface area contributed by atoms with E-state index in [9.17, 15) is 4.79 Å². The molecule has 1 aromatic carbocycles. The standard InChI is InChI=1S/C23H25N3O2S/c1-28-21-7-2-6-20(15-21)26(23(27)22-8-4-14-29-22)19-9-12-25(13-10-19)17-18-5-3-11-24-16-18/h2-8,11,14-16,19H,9-10,12-13,17H2,1H3. The molecule has 0 atom stereocenters. The first kappa shape index (κ1) is 19.6. The summed E-state index contributed by atoms with van der Waals surface area (Å²) in [6.45, 7) is 2.81.